The number of esters is 3. The average molecular weight is 961 g/mol. The zero-order chi connectivity index (χ0) is 32.8. The van der Waals surface area contributed by atoms with E-state index in [2.05, 4.69) is 10.1 Å². The van der Waals surface area contributed by atoms with E-state index in [-0.39, 0.29) is 42.3 Å². The summed E-state index contributed by atoms with van der Waals surface area (Å²) >= 11 is 11.1. The van der Waals surface area contributed by atoms with Crippen molar-refractivity contribution in [1.82, 2.24) is 0 Å². The largest absolute Gasteiger partial charge is 0.449 e. The van der Waals surface area contributed by atoms with Gasteiger partial charge in [-0.2, -0.15) is 0 Å². The minimum Gasteiger partial charge on any atom is -0.449 e. The number of amides is 2. The van der Waals surface area contributed by atoms with Crippen molar-refractivity contribution >= 4 is 120 Å². The van der Waals surface area contributed by atoms with Crippen LogP contribution in [0.2, 0.25) is 0 Å². The molecule has 10 nitrogen and oxygen atoms in total. The van der Waals surface area contributed by atoms with Gasteiger partial charge in [-0.05, 0) is 78.9 Å². The summed E-state index contributed by atoms with van der Waals surface area (Å²) in [5.74, 6) is -2.15. The Morgan fingerprint density at radius 1 is 0.750 bits per heavy atom. The third-order valence-electron chi connectivity index (χ3n) is 5.61. The number of hydrogen-bond donors (Lipinski definition) is 1. The summed E-state index contributed by atoms with van der Waals surface area (Å²) in [4.78, 5) is 60.9. The van der Waals surface area contributed by atoms with Crippen LogP contribution in [0.5, 0.6) is 0 Å². The molecule has 0 aliphatic carbocycles. The molecule has 0 fully saturated rings. The fraction of sp³-hybridized carbons (Fsp3) is 0.233. The van der Waals surface area contributed by atoms with E-state index in [0.29, 0.717) is 22.1 Å². The molecule has 44 heavy (non-hydrogen) atoms. The summed E-state index contributed by atoms with van der Waals surface area (Å²) in [6.07, 6.45) is 0.338. The fourth-order valence-electron chi connectivity index (χ4n) is 3.48. The lowest BCUT2D eigenvalue weighted by Gasteiger charge is -2.24. The molecule has 0 atom stereocenters. The lowest BCUT2D eigenvalue weighted by Crippen LogP contribution is -2.27. The molecule has 0 spiro atoms. The van der Waals surface area contributed by atoms with Gasteiger partial charge in [-0.15, -0.1) is 0 Å². The second-order valence-corrected chi connectivity index (χ2v) is 12.3. The SMILES string of the molecule is CC(=O)Nc1c(I)c(C(=O)OCOC(=O)Cc2ccccc2)c(I)c(N(C)C(C)=O)c1I.O=C(Cc1ccccc1)OCCl. The topological polar surface area (TPSA) is 128 Å². The molecule has 0 aromatic heterocycles. The predicted octanol–water partition coefficient (Wildman–Crippen LogP) is 6.31. The average Bonchev–Trinajstić information content (AvgIpc) is 2.96. The van der Waals surface area contributed by atoms with Crippen LogP contribution in [0.15, 0.2) is 60.7 Å². The van der Waals surface area contributed by atoms with E-state index in [9.17, 15) is 24.0 Å². The second kappa shape index (κ2) is 19.1. The summed E-state index contributed by atoms with van der Waals surface area (Å²) in [6, 6.07) is 18.4. The van der Waals surface area contributed by atoms with Crippen LogP contribution in [-0.4, -0.2) is 49.6 Å². The maximum absolute atomic E-state index is 12.9. The van der Waals surface area contributed by atoms with Crippen molar-refractivity contribution < 1.29 is 38.2 Å². The lowest BCUT2D eigenvalue weighted by molar-refractivity contribution is -0.151. The molecule has 3 aromatic carbocycles. The molecule has 0 heterocycles. The summed E-state index contributed by atoms with van der Waals surface area (Å²) in [5, 5.41) is 2.71. The van der Waals surface area contributed by atoms with E-state index in [1.165, 1.54) is 18.7 Å². The van der Waals surface area contributed by atoms with E-state index in [4.69, 9.17) is 21.1 Å². The molecule has 3 aromatic rings. The van der Waals surface area contributed by atoms with Gasteiger partial charge in [0.25, 0.3) is 0 Å². The number of halogens is 4. The molecule has 0 radical (unpaired) electrons. The van der Waals surface area contributed by atoms with Crippen LogP contribution in [0.1, 0.15) is 35.3 Å². The second-order valence-electron chi connectivity index (χ2n) is 8.82. The van der Waals surface area contributed by atoms with Gasteiger partial charge in [0.15, 0.2) is 6.07 Å². The predicted molar refractivity (Wildman–Crippen MR) is 191 cm³/mol. The molecule has 0 saturated heterocycles. The van der Waals surface area contributed by atoms with Gasteiger partial charge in [-0.1, -0.05) is 72.3 Å². The minimum absolute atomic E-state index is 0.0528. The van der Waals surface area contributed by atoms with Gasteiger partial charge in [0, 0.05) is 20.9 Å². The maximum Gasteiger partial charge on any atom is 0.343 e. The zero-order valence-corrected chi connectivity index (χ0v) is 31.1. The first-order chi connectivity index (χ1) is 20.9. The monoisotopic (exact) mass is 960 g/mol. The molecule has 0 unspecified atom stereocenters. The van der Waals surface area contributed by atoms with Crippen LogP contribution >= 0.6 is 79.4 Å². The van der Waals surface area contributed by atoms with Gasteiger partial charge in [0.05, 0.1) is 40.5 Å². The Morgan fingerprint density at radius 2 is 1.25 bits per heavy atom. The van der Waals surface area contributed by atoms with Crippen molar-refractivity contribution in [3.63, 3.8) is 0 Å². The standard InChI is InChI=1S/C21H19I3N2O6.C9H9ClO2/c1-11(27)25-19-16(22)15(17(23)20(18(19)24)26(3)12(2)28)21(30)32-10-31-14(29)9-13-7-5-4-6-8-13;10-7-12-9(11)6-8-4-2-1-3-5-8/h4-8H,9-10H2,1-3H3,(H,25,27);1-5H,6-7H2. The van der Waals surface area contributed by atoms with E-state index in [1.807, 2.05) is 116 Å². The van der Waals surface area contributed by atoms with Gasteiger partial charge < -0.3 is 24.4 Å². The number of hydrogen-bond acceptors (Lipinski definition) is 8. The summed E-state index contributed by atoms with van der Waals surface area (Å²) in [6.45, 7) is 2.19. The molecule has 3 rings (SSSR count). The lowest BCUT2D eigenvalue weighted by atomic mass is 10.1. The van der Waals surface area contributed by atoms with Crippen LogP contribution < -0.4 is 10.2 Å². The first-order valence-corrected chi connectivity index (χ1v) is 16.5. The number of anilines is 2. The molecule has 0 aliphatic heterocycles. The van der Waals surface area contributed by atoms with E-state index >= 15 is 0 Å². The van der Waals surface area contributed by atoms with Crippen LogP contribution in [0, 0.1) is 10.7 Å². The molecule has 234 valence electrons. The van der Waals surface area contributed by atoms with Crippen molar-refractivity contribution in [3.8, 4) is 0 Å². The summed E-state index contributed by atoms with van der Waals surface area (Å²) in [7, 11) is 1.58. The van der Waals surface area contributed by atoms with Crippen molar-refractivity contribution in [3.05, 3.63) is 88.1 Å². The zero-order valence-electron chi connectivity index (χ0n) is 23.8. The maximum atomic E-state index is 12.9. The normalized spacial score (nSPS) is 10.1. The van der Waals surface area contributed by atoms with Crippen LogP contribution in [0.3, 0.4) is 0 Å². The van der Waals surface area contributed by atoms with Crippen molar-refractivity contribution in [2.24, 2.45) is 0 Å². The van der Waals surface area contributed by atoms with E-state index < -0.39 is 18.7 Å². The molecule has 1 N–H and O–H groups in total. The Bertz CT molecular complexity index is 1490. The smallest absolute Gasteiger partial charge is 0.343 e. The molecule has 0 bridgehead atoms. The number of nitrogens with zero attached hydrogens (tertiary/aromatic N) is 1. The third kappa shape index (κ3) is 11.8. The van der Waals surface area contributed by atoms with Crippen LogP contribution in [-0.2, 0) is 46.2 Å². The number of carbonyl (C=O) groups excluding carboxylic acids is 5. The van der Waals surface area contributed by atoms with E-state index in [0.717, 1.165) is 11.1 Å². The number of alkyl halides is 1. The Hall–Kier alpha value is -2.51. The highest BCUT2D eigenvalue weighted by molar-refractivity contribution is 14.1. The molecule has 14 heteroatoms. The molecule has 0 saturated carbocycles. The Kier molecular flexibility index (Phi) is 16.4. The van der Waals surface area contributed by atoms with Gasteiger partial charge in [-0.3, -0.25) is 19.2 Å². The van der Waals surface area contributed by atoms with Crippen LogP contribution in [0.4, 0.5) is 11.4 Å². The number of nitrogens with one attached hydrogen (secondary N) is 1. The van der Waals surface area contributed by atoms with Crippen LogP contribution in [0.25, 0.3) is 0 Å². The summed E-state index contributed by atoms with van der Waals surface area (Å²) in [5.41, 5.74) is 2.75. The van der Waals surface area contributed by atoms with Gasteiger partial charge >= 0.3 is 17.9 Å². The Labute approximate surface area is 300 Å². The van der Waals surface area contributed by atoms with E-state index in [1.54, 1.807) is 19.2 Å². The number of ether oxygens (including phenoxy) is 3. The molecular formula is C30H28ClI3N2O8. The number of carbonyl (C=O) groups is 5. The molecule has 2 amide bonds. The first-order valence-electron chi connectivity index (χ1n) is 12.7. The highest BCUT2D eigenvalue weighted by Crippen LogP contribution is 2.40. The highest BCUT2D eigenvalue weighted by Gasteiger charge is 2.29. The number of benzene rings is 3. The van der Waals surface area contributed by atoms with Crippen molar-refractivity contribution in [1.29, 1.82) is 0 Å². The van der Waals surface area contributed by atoms with Crippen molar-refractivity contribution in [2.45, 2.75) is 26.7 Å². The fourth-order valence-corrected chi connectivity index (χ4v) is 8.20. The number of rotatable bonds is 10. The molecular weight excluding hydrogens is 933 g/mol. The Morgan fingerprint density at radius 3 is 1.70 bits per heavy atom. The van der Waals surface area contributed by atoms with Crippen molar-refractivity contribution in [2.75, 3.05) is 30.1 Å². The third-order valence-corrected chi connectivity index (χ3v) is 8.90. The van der Waals surface area contributed by atoms with Gasteiger partial charge in [0.1, 0.15) is 0 Å². The first kappa shape index (κ1) is 37.7. The van der Waals surface area contributed by atoms with Gasteiger partial charge in [-0.25, -0.2) is 4.79 Å². The minimum atomic E-state index is -0.743. The van der Waals surface area contributed by atoms with Gasteiger partial charge in [0.2, 0.25) is 18.6 Å². The Balaban J connectivity index is 0.000000469. The highest BCUT2D eigenvalue weighted by atomic mass is 127. The summed E-state index contributed by atoms with van der Waals surface area (Å²) < 4.78 is 16.3. The molecule has 0 aliphatic rings. The quantitative estimate of drug-likeness (QED) is 0.109.